The zero-order chi connectivity index (χ0) is 22.7. The van der Waals surface area contributed by atoms with Crippen LogP contribution >= 0.6 is 0 Å². The molecule has 0 spiro atoms. The summed E-state index contributed by atoms with van der Waals surface area (Å²) in [5.74, 6) is -0.891. The SMILES string of the molecule is CCOC(=O)c1cc(C(F)(F)F)c(CN2CCN(C(=O)OC(C)(C)C)CC2)cc1N. The van der Waals surface area contributed by atoms with E-state index in [1.807, 2.05) is 0 Å². The second kappa shape index (κ2) is 9.11. The van der Waals surface area contributed by atoms with Gasteiger partial charge in [0, 0.05) is 38.4 Å². The highest BCUT2D eigenvalue weighted by Crippen LogP contribution is 2.35. The summed E-state index contributed by atoms with van der Waals surface area (Å²) in [5, 5.41) is 0. The lowest BCUT2D eigenvalue weighted by atomic mass is 10.0. The zero-order valence-electron chi connectivity index (χ0n) is 17.6. The van der Waals surface area contributed by atoms with E-state index in [1.54, 1.807) is 32.6 Å². The van der Waals surface area contributed by atoms with Crippen molar-refractivity contribution >= 4 is 17.7 Å². The van der Waals surface area contributed by atoms with Crippen molar-refractivity contribution in [2.24, 2.45) is 0 Å². The van der Waals surface area contributed by atoms with E-state index >= 15 is 0 Å². The number of benzene rings is 1. The molecular formula is C20H28F3N3O4. The largest absolute Gasteiger partial charge is 0.462 e. The number of rotatable bonds is 4. The Morgan fingerprint density at radius 1 is 1.10 bits per heavy atom. The molecule has 1 aliphatic heterocycles. The number of nitrogens with two attached hydrogens (primary N) is 1. The Bertz CT molecular complexity index is 783. The zero-order valence-corrected chi connectivity index (χ0v) is 17.6. The number of amides is 1. The van der Waals surface area contributed by atoms with Gasteiger partial charge in [0.1, 0.15) is 5.60 Å². The van der Waals surface area contributed by atoms with E-state index in [-0.39, 0.29) is 30.0 Å². The number of hydrogen-bond donors (Lipinski definition) is 1. The van der Waals surface area contributed by atoms with Gasteiger partial charge in [0.05, 0.1) is 17.7 Å². The fourth-order valence-corrected chi connectivity index (χ4v) is 3.10. The molecule has 30 heavy (non-hydrogen) atoms. The fourth-order valence-electron chi connectivity index (χ4n) is 3.10. The van der Waals surface area contributed by atoms with Gasteiger partial charge in [-0.3, -0.25) is 4.90 Å². The Balaban J connectivity index is 2.14. The maximum absolute atomic E-state index is 13.6. The van der Waals surface area contributed by atoms with Crippen LogP contribution in [0.4, 0.5) is 23.7 Å². The molecule has 1 aromatic carbocycles. The molecule has 0 aromatic heterocycles. The van der Waals surface area contributed by atoms with E-state index in [0.717, 1.165) is 6.07 Å². The molecule has 7 nitrogen and oxygen atoms in total. The summed E-state index contributed by atoms with van der Waals surface area (Å²) < 4.78 is 50.9. The van der Waals surface area contributed by atoms with E-state index in [0.29, 0.717) is 26.2 Å². The van der Waals surface area contributed by atoms with Gasteiger partial charge in [-0.25, -0.2) is 9.59 Å². The highest BCUT2D eigenvalue weighted by atomic mass is 19.4. The van der Waals surface area contributed by atoms with Gasteiger partial charge >= 0.3 is 18.2 Å². The van der Waals surface area contributed by atoms with Crippen molar-refractivity contribution in [1.82, 2.24) is 9.80 Å². The average molecular weight is 431 g/mol. The van der Waals surface area contributed by atoms with E-state index in [1.165, 1.54) is 11.0 Å². The predicted octanol–water partition coefficient (Wildman–Crippen LogP) is 3.52. The number of piperazine rings is 1. The van der Waals surface area contributed by atoms with Crippen LogP contribution in [0.1, 0.15) is 49.2 Å². The summed E-state index contributed by atoms with van der Waals surface area (Å²) in [4.78, 5) is 27.4. The van der Waals surface area contributed by atoms with Crippen molar-refractivity contribution in [1.29, 1.82) is 0 Å². The van der Waals surface area contributed by atoms with Gasteiger partial charge in [-0.2, -0.15) is 13.2 Å². The number of carbonyl (C=O) groups excluding carboxylic acids is 2. The van der Waals surface area contributed by atoms with Crippen molar-refractivity contribution < 1.29 is 32.2 Å². The molecule has 0 bridgehead atoms. The molecule has 1 aromatic rings. The highest BCUT2D eigenvalue weighted by Gasteiger charge is 2.36. The van der Waals surface area contributed by atoms with E-state index in [2.05, 4.69) is 0 Å². The standard InChI is InChI=1S/C20H28F3N3O4/c1-5-29-17(27)14-11-15(20(21,22)23)13(10-16(14)24)12-25-6-8-26(9-7-25)18(28)30-19(2,3)4/h10-11H,5-9,12,24H2,1-4H3. The van der Waals surface area contributed by atoms with Gasteiger partial charge in [0.25, 0.3) is 0 Å². The molecular weight excluding hydrogens is 403 g/mol. The van der Waals surface area contributed by atoms with Gasteiger partial charge in [0.2, 0.25) is 0 Å². The molecule has 10 heteroatoms. The Morgan fingerprint density at radius 3 is 2.20 bits per heavy atom. The first-order chi connectivity index (χ1) is 13.8. The number of halogens is 3. The lowest BCUT2D eigenvalue weighted by Crippen LogP contribution is -2.49. The van der Waals surface area contributed by atoms with Crippen molar-refractivity contribution in [3.8, 4) is 0 Å². The predicted molar refractivity (Wildman–Crippen MR) is 105 cm³/mol. The first kappa shape index (κ1) is 23.8. The normalized spacial score (nSPS) is 15.8. The molecule has 1 saturated heterocycles. The second-order valence-corrected chi connectivity index (χ2v) is 8.06. The molecule has 0 atom stereocenters. The number of esters is 1. The third-order valence-corrected chi connectivity index (χ3v) is 4.49. The fraction of sp³-hybridized carbons (Fsp3) is 0.600. The smallest absolute Gasteiger partial charge is 0.416 e. The van der Waals surface area contributed by atoms with Crippen molar-refractivity contribution in [3.63, 3.8) is 0 Å². The average Bonchev–Trinajstić information content (AvgIpc) is 2.60. The molecule has 0 unspecified atom stereocenters. The van der Waals surface area contributed by atoms with Gasteiger partial charge in [-0.05, 0) is 45.4 Å². The van der Waals surface area contributed by atoms with Crippen LogP contribution in [0.3, 0.4) is 0 Å². The Morgan fingerprint density at radius 2 is 1.70 bits per heavy atom. The van der Waals surface area contributed by atoms with E-state index in [9.17, 15) is 22.8 Å². The maximum atomic E-state index is 13.6. The Hall–Kier alpha value is -2.49. The minimum absolute atomic E-state index is 0.00962. The third kappa shape index (κ3) is 6.25. The first-order valence-electron chi connectivity index (χ1n) is 9.69. The number of carbonyl (C=O) groups is 2. The Labute approximate surface area is 173 Å². The van der Waals surface area contributed by atoms with Crippen LogP contribution < -0.4 is 5.73 Å². The first-order valence-corrected chi connectivity index (χ1v) is 9.69. The van der Waals surface area contributed by atoms with Crippen LogP contribution in [0.2, 0.25) is 0 Å². The van der Waals surface area contributed by atoms with Crippen LogP contribution in [0.25, 0.3) is 0 Å². The van der Waals surface area contributed by atoms with Crippen molar-refractivity contribution in [2.45, 2.75) is 46.0 Å². The summed E-state index contributed by atoms with van der Waals surface area (Å²) in [6.07, 6.45) is -5.09. The van der Waals surface area contributed by atoms with Crippen molar-refractivity contribution in [2.75, 3.05) is 38.5 Å². The summed E-state index contributed by atoms with van der Waals surface area (Å²) in [6, 6.07) is 1.93. The lowest BCUT2D eigenvalue weighted by Gasteiger charge is -2.36. The molecule has 0 saturated carbocycles. The molecule has 0 radical (unpaired) electrons. The Kier molecular flexibility index (Phi) is 7.23. The van der Waals surface area contributed by atoms with Crippen LogP contribution in [-0.4, -0.2) is 60.2 Å². The third-order valence-electron chi connectivity index (χ3n) is 4.49. The summed E-state index contributed by atoms with van der Waals surface area (Å²) >= 11 is 0. The number of ether oxygens (including phenoxy) is 2. The van der Waals surface area contributed by atoms with Gasteiger partial charge in [-0.15, -0.1) is 0 Å². The summed E-state index contributed by atoms with van der Waals surface area (Å²) in [7, 11) is 0. The molecule has 1 aliphatic rings. The van der Waals surface area contributed by atoms with Crippen LogP contribution in [0, 0.1) is 0 Å². The maximum Gasteiger partial charge on any atom is 0.416 e. The topological polar surface area (TPSA) is 85.1 Å². The number of nitrogen functional groups attached to an aromatic ring is 1. The molecule has 1 amide bonds. The molecule has 168 valence electrons. The number of hydrogen-bond acceptors (Lipinski definition) is 6. The van der Waals surface area contributed by atoms with E-state index < -0.39 is 29.4 Å². The quantitative estimate of drug-likeness (QED) is 0.580. The molecule has 0 aliphatic carbocycles. The van der Waals surface area contributed by atoms with Gasteiger partial charge < -0.3 is 20.1 Å². The van der Waals surface area contributed by atoms with Gasteiger partial charge in [-0.1, -0.05) is 0 Å². The highest BCUT2D eigenvalue weighted by molar-refractivity contribution is 5.95. The minimum Gasteiger partial charge on any atom is -0.462 e. The second-order valence-electron chi connectivity index (χ2n) is 8.06. The molecule has 2 rings (SSSR count). The number of alkyl halides is 3. The number of nitrogens with zero attached hydrogens (tertiary/aromatic N) is 2. The van der Waals surface area contributed by atoms with Gasteiger partial charge in [0.15, 0.2) is 0 Å². The summed E-state index contributed by atoms with van der Waals surface area (Å²) in [6.45, 7) is 8.33. The molecule has 1 fully saturated rings. The van der Waals surface area contributed by atoms with Crippen LogP contribution in [-0.2, 0) is 22.2 Å². The number of anilines is 1. The monoisotopic (exact) mass is 431 g/mol. The van der Waals surface area contributed by atoms with Crippen LogP contribution in [0.5, 0.6) is 0 Å². The van der Waals surface area contributed by atoms with E-state index in [4.69, 9.17) is 15.2 Å². The minimum atomic E-state index is -4.65. The van der Waals surface area contributed by atoms with Crippen LogP contribution in [0.15, 0.2) is 12.1 Å². The summed E-state index contributed by atoms with van der Waals surface area (Å²) in [5.41, 5.74) is 3.90. The molecule has 1 heterocycles. The lowest BCUT2D eigenvalue weighted by molar-refractivity contribution is -0.138. The van der Waals surface area contributed by atoms with Crippen molar-refractivity contribution in [3.05, 3.63) is 28.8 Å². The molecule has 2 N–H and O–H groups in total.